The number of hydrogen-bond acceptors (Lipinski definition) is 6. The van der Waals surface area contributed by atoms with Gasteiger partial charge in [-0.05, 0) is 0 Å². The molecule has 0 aliphatic carbocycles. The summed E-state index contributed by atoms with van der Waals surface area (Å²) in [4.78, 5) is 9.70. The summed E-state index contributed by atoms with van der Waals surface area (Å²) in [6.45, 7) is 0.282. The molecule has 0 atom stereocenters. The van der Waals surface area contributed by atoms with E-state index in [1.807, 2.05) is 0 Å². The number of hydrazine groups is 1. The van der Waals surface area contributed by atoms with E-state index in [-0.39, 0.29) is 61.1 Å². The van der Waals surface area contributed by atoms with Gasteiger partial charge in [0.05, 0.1) is 11.9 Å². The fraction of sp³-hybridized carbons (Fsp3) is 1.00. The van der Waals surface area contributed by atoms with Gasteiger partial charge in [-0.25, -0.2) is 5.01 Å². The maximum absolute atomic E-state index is 10.5. The Morgan fingerprint density at radius 3 is 2.42 bits per heavy atom. The number of nitroso groups, excluding NO2 is 1. The molecule has 0 aromatic carbocycles. The van der Waals surface area contributed by atoms with Gasteiger partial charge in [-0.3, -0.25) is 5.28 Å². The average Bonchev–Trinajstić information content (AvgIpc) is 2.03. The molecule has 0 aliphatic heterocycles. The molecule has 0 bridgehead atoms. The van der Waals surface area contributed by atoms with Crippen LogP contribution in [0.25, 0.3) is 0 Å². The van der Waals surface area contributed by atoms with Crippen LogP contribution < -0.4 is 35.3 Å². The van der Waals surface area contributed by atoms with Crippen molar-refractivity contribution in [3.05, 3.63) is 10.1 Å². The molecule has 0 rings (SSSR count). The standard InChI is InChI=1S/C4H11N4O3.Na/c5-1-2-7(3-4-9)8(11)6-10;/h9H,1-5H2;/q-1;+1. The maximum Gasteiger partial charge on any atom is 1.00 e. The van der Waals surface area contributed by atoms with E-state index in [0.717, 1.165) is 5.01 Å². The van der Waals surface area contributed by atoms with Gasteiger partial charge in [-0.2, -0.15) is 0 Å². The van der Waals surface area contributed by atoms with Crippen LogP contribution in [-0.2, 0) is 0 Å². The first-order valence-corrected chi connectivity index (χ1v) is 3.12. The van der Waals surface area contributed by atoms with E-state index in [2.05, 4.69) is 5.29 Å². The molecular weight excluding hydrogens is 175 g/mol. The van der Waals surface area contributed by atoms with Gasteiger partial charge in [0.1, 0.15) is 0 Å². The molecule has 12 heavy (non-hydrogen) atoms. The van der Waals surface area contributed by atoms with E-state index < -0.39 is 0 Å². The quantitative estimate of drug-likeness (QED) is 0.247. The zero-order valence-corrected chi connectivity index (χ0v) is 9.01. The summed E-state index contributed by atoms with van der Waals surface area (Å²) < 4.78 is 0. The first kappa shape index (κ1) is 14.7. The fourth-order valence-corrected chi connectivity index (χ4v) is 0.599. The molecule has 0 saturated carbocycles. The van der Waals surface area contributed by atoms with Crippen molar-refractivity contribution >= 4 is 0 Å². The number of hydrogen-bond donors (Lipinski definition) is 2. The number of nitrogens with zero attached hydrogens (tertiary/aromatic N) is 3. The van der Waals surface area contributed by atoms with E-state index in [0.29, 0.717) is 0 Å². The van der Waals surface area contributed by atoms with Gasteiger partial charge < -0.3 is 16.0 Å². The van der Waals surface area contributed by atoms with Gasteiger partial charge in [0.15, 0.2) is 0 Å². The van der Waals surface area contributed by atoms with Crippen molar-refractivity contribution < 1.29 is 34.7 Å². The van der Waals surface area contributed by atoms with Crippen molar-refractivity contribution in [2.24, 2.45) is 11.0 Å². The van der Waals surface area contributed by atoms with E-state index >= 15 is 0 Å². The summed E-state index contributed by atoms with van der Waals surface area (Å²) in [6.07, 6.45) is 0. The molecule has 0 saturated heterocycles. The zero-order chi connectivity index (χ0) is 8.69. The third kappa shape index (κ3) is 5.84. The molecule has 0 heterocycles. The first-order valence-electron chi connectivity index (χ1n) is 3.12. The Bertz CT molecular complexity index is 110. The average molecular weight is 186 g/mol. The SMILES string of the molecule is NCCN(CCO)N([O-])N=O.[Na+]. The molecule has 8 heteroatoms. The number of rotatable bonds is 6. The van der Waals surface area contributed by atoms with Crippen LogP contribution in [0.15, 0.2) is 5.29 Å². The Labute approximate surface area is 92.3 Å². The number of nitrogens with two attached hydrogens (primary N) is 1. The summed E-state index contributed by atoms with van der Waals surface area (Å²) in [5.41, 5.74) is 5.12. The predicted molar refractivity (Wildman–Crippen MR) is 38.7 cm³/mol. The Balaban J connectivity index is 0. The van der Waals surface area contributed by atoms with Gasteiger partial charge in [-0.15, -0.1) is 4.91 Å². The van der Waals surface area contributed by atoms with Gasteiger partial charge >= 0.3 is 29.6 Å². The van der Waals surface area contributed by atoms with Crippen LogP contribution in [0.5, 0.6) is 0 Å². The normalized spacial score (nSPS) is 9.33. The fourth-order valence-electron chi connectivity index (χ4n) is 0.599. The van der Waals surface area contributed by atoms with Gasteiger partial charge in [0.25, 0.3) is 0 Å². The van der Waals surface area contributed by atoms with Crippen LogP contribution in [0.2, 0.25) is 0 Å². The summed E-state index contributed by atoms with van der Waals surface area (Å²) in [5.74, 6) is 0. The largest absolute Gasteiger partial charge is 1.00 e. The van der Waals surface area contributed by atoms with Crippen LogP contribution >= 0.6 is 0 Å². The second-order valence-electron chi connectivity index (χ2n) is 1.80. The van der Waals surface area contributed by atoms with Crippen molar-refractivity contribution in [1.82, 2.24) is 10.3 Å². The molecule has 0 radical (unpaired) electrons. The second kappa shape index (κ2) is 9.33. The Hall–Kier alpha value is 0.240. The topological polar surface area (TPSA) is 105 Å². The molecule has 0 unspecified atom stereocenters. The maximum atomic E-state index is 10.5. The Morgan fingerprint density at radius 1 is 1.50 bits per heavy atom. The van der Waals surface area contributed by atoms with E-state index in [4.69, 9.17) is 10.8 Å². The van der Waals surface area contributed by atoms with Crippen molar-refractivity contribution in [2.75, 3.05) is 26.2 Å². The Morgan fingerprint density at radius 2 is 2.08 bits per heavy atom. The van der Waals surface area contributed by atoms with Crippen LogP contribution in [-0.4, -0.2) is 41.6 Å². The minimum Gasteiger partial charge on any atom is -0.724 e. The molecular formula is C4H11N4NaO3. The van der Waals surface area contributed by atoms with E-state index in [1.54, 1.807) is 0 Å². The van der Waals surface area contributed by atoms with Gasteiger partial charge in [-0.1, -0.05) is 0 Å². The smallest absolute Gasteiger partial charge is 0.724 e. The van der Waals surface area contributed by atoms with Crippen LogP contribution in [0.3, 0.4) is 0 Å². The Kier molecular flexibility index (Phi) is 11.5. The summed E-state index contributed by atoms with van der Waals surface area (Å²) >= 11 is 0. The van der Waals surface area contributed by atoms with Crippen LogP contribution in [0.4, 0.5) is 0 Å². The third-order valence-corrected chi connectivity index (χ3v) is 1.06. The zero-order valence-electron chi connectivity index (χ0n) is 7.01. The van der Waals surface area contributed by atoms with Crippen LogP contribution in [0, 0.1) is 10.1 Å². The first-order chi connectivity index (χ1) is 5.26. The summed E-state index contributed by atoms with van der Waals surface area (Å²) in [6, 6.07) is 0. The molecule has 3 N–H and O–H groups in total. The minimum atomic E-state index is -0.214. The molecule has 7 nitrogen and oxygen atoms in total. The van der Waals surface area contributed by atoms with E-state index in [9.17, 15) is 10.1 Å². The molecule has 0 aromatic heterocycles. The van der Waals surface area contributed by atoms with E-state index in [1.165, 1.54) is 0 Å². The molecule has 0 aliphatic rings. The third-order valence-electron chi connectivity index (χ3n) is 1.06. The van der Waals surface area contributed by atoms with Crippen molar-refractivity contribution in [1.29, 1.82) is 0 Å². The second-order valence-corrected chi connectivity index (χ2v) is 1.80. The summed E-state index contributed by atoms with van der Waals surface area (Å²) in [5, 5.41) is 21.9. The molecule has 66 valence electrons. The monoisotopic (exact) mass is 186 g/mol. The summed E-state index contributed by atoms with van der Waals surface area (Å²) in [7, 11) is 0. The van der Waals surface area contributed by atoms with Gasteiger partial charge in [0.2, 0.25) is 0 Å². The van der Waals surface area contributed by atoms with Crippen LogP contribution in [0.1, 0.15) is 0 Å². The number of aliphatic hydroxyl groups is 1. The number of aliphatic hydroxyl groups excluding tert-OH is 1. The minimum absolute atomic E-state index is 0. The molecule has 0 spiro atoms. The molecule has 0 aromatic rings. The van der Waals surface area contributed by atoms with Crippen molar-refractivity contribution in [2.45, 2.75) is 0 Å². The molecule has 0 amide bonds. The van der Waals surface area contributed by atoms with Gasteiger partial charge in [0, 0.05) is 19.6 Å². The van der Waals surface area contributed by atoms with Crippen molar-refractivity contribution in [3.63, 3.8) is 0 Å². The van der Waals surface area contributed by atoms with Crippen molar-refractivity contribution in [3.8, 4) is 0 Å². The predicted octanol–water partition coefficient (Wildman–Crippen LogP) is -4.36. The molecule has 0 fully saturated rings.